The van der Waals surface area contributed by atoms with Gasteiger partial charge in [-0.2, -0.15) is 13.2 Å². The van der Waals surface area contributed by atoms with E-state index in [1.54, 1.807) is 11.9 Å². The zero-order valence-corrected chi connectivity index (χ0v) is 11.9. The lowest BCUT2D eigenvalue weighted by Gasteiger charge is -2.31. The van der Waals surface area contributed by atoms with Gasteiger partial charge in [-0.1, -0.05) is 0 Å². The van der Waals surface area contributed by atoms with Crippen molar-refractivity contribution in [3.8, 4) is 0 Å². The number of halogens is 3. The Morgan fingerprint density at radius 2 is 2.35 bits per heavy atom. The number of likely N-dealkylation sites (tertiary alicyclic amines) is 1. The van der Waals surface area contributed by atoms with Crippen LogP contribution in [0.2, 0.25) is 0 Å². The number of piperidine rings is 1. The minimum Gasteiger partial charge on any atom is -0.341 e. The van der Waals surface area contributed by atoms with Gasteiger partial charge >= 0.3 is 6.18 Å². The lowest BCUT2D eigenvalue weighted by atomic mass is 9.98. The van der Waals surface area contributed by atoms with E-state index >= 15 is 0 Å². The maximum absolute atomic E-state index is 12.5. The number of carbonyl (C=O) groups excluding carboxylic acids is 1. The van der Waals surface area contributed by atoms with Crippen LogP contribution in [0.1, 0.15) is 29.5 Å². The average Bonchev–Trinajstić information content (AvgIpc) is 2.89. The van der Waals surface area contributed by atoms with E-state index in [1.807, 2.05) is 0 Å². The molecule has 1 N–H and O–H groups in total. The van der Waals surface area contributed by atoms with Crippen molar-refractivity contribution < 1.29 is 18.0 Å². The van der Waals surface area contributed by atoms with E-state index in [1.165, 1.54) is 0 Å². The van der Waals surface area contributed by atoms with Gasteiger partial charge in [-0.05, 0) is 19.9 Å². The molecule has 0 aromatic carbocycles. The first-order chi connectivity index (χ1) is 9.41. The summed E-state index contributed by atoms with van der Waals surface area (Å²) in [4.78, 5) is 17.2. The van der Waals surface area contributed by atoms with Crippen molar-refractivity contribution in [2.45, 2.75) is 24.9 Å². The number of nitrogens with one attached hydrogen (secondary N) is 1. The van der Waals surface area contributed by atoms with Crippen molar-refractivity contribution >= 4 is 17.2 Å². The van der Waals surface area contributed by atoms with Gasteiger partial charge in [-0.25, -0.2) is 4.98 Å². The number of likely N-dealkylation sites (N-methyl/N-ethyl adjacent to an activating group) is 1. The van der Waals surface area contributed by atoms with E-state index < -0.39 is 11.9 Å². The first kappa shape index (κ1) is 15.2. The third kappa shape index (κ3) is 3.49. The molecule has 112 valence electrons. The van der Waals surface area contributed by atoms with Crippen LogP contribution in [0.5, 0.6) is 0 Å². The monoisotopic (exact) mass is 307 g/mol. The standard InChI is InChI=1S/C12H16F3N3OS/c1-16-5-10(19)18-4-2-3-8(6-18)11-17-9(7-20-11)12(13,14)15/h7-8,16H,2-6H2,1H3. The number of alkyl halides is 3. The first-order valence-electron chi connectivity index (χ1n) is 6.37. The molecule has 1 atom stereocenters. The van der Waals surface area contributed by atoms with Gasteiger partial charge in [0.2, 0.25) is 5.91 Å². The lowest BCUT2D eigenvalue weighted by Crippen LogP contribution is -2.42. The summed E-state index contributed by atoms with van der Waals surface area (Å²) in [5.74, 6) is -0.115. The van der Waals surface area contributed by atoms with Crippen LogP contribution in [0, 0.1) is 0 Å². The van der Waals surface area contributed by atoms with Crippen LogP contribution in [0.3, 0.4) is 0 Å². The molecule has 1 fully saturated rings. The van der Waals surface area contributed by atoms with Gasteiger partial charge in [0.15, 0.2) is 5.69 Å². The Bertz CT molecular complexity index is 475. The molecular formula is C12H16F3N3OS. The van der Waals surface area contributed by atoms with Crippen molar-refractivity contribution in [1.29, 1.82) is 0 Å². The highest BCUT2D eigenvalue weighted by Gasteiger charge is 2.35. The highest BCUT2D eigenvalue weighted by molar-refractivity contribution is 7.09. The number of amides is 1. The molecule has 0 radical (unpaired) electrons. The maximum atomic E-state index is 12.5. The Labute approximate surface area is 119 Å². The molecule has 1 aromatic heterocycles. The van der Waals surface area contributed by atoms with Crippen LogP contribution in [0.15, 0.2) is 5.38 Å². The molecule has 0 aliphatic carbocycles. The topological polar surface area (TPSA) is 45.2 Å². The van der Waals surface area contributed by atoms with Gasteiger partial charge in [0.25, 0.3) is 0 Å². The summed E-state index contributed by atoms with van der Waals surface area (Å²) < 4.78 is 37.6. The first-order valence-corrected chi connectivity index (χ1v) is 7.24. The van der Waals surface area contributed by atoms with Gasteiger partial charge < -0.3 is 10.2 Å². The second-order valence-corrected chi connectivity index (χ2v) is 5.67. The Kier molecular flexibility index (Phi) is 4.64. The van der Waals surface area contributed by atoms with Crippen LogP contribution in [0.4, 0.5) is 13.2 Å². The fraction of sp³-hybridized carbons (Fsp3) is 0.667. The SMILES string of the molecule is CNCC(=O)N1CCCC(c2nc(C(F)(F)F)cs2)C1. The predicted molar refractivity (Wildman–Crippen MR) is 69.6 cm³/mol. The average molecular weight is 307 g/mol. The largest absolute Gasteiger partial charge is 0.434 e. The van der Waals surface area contributed by atoms with Gasteiger partial charge in [0, 0.05) is 24.4 Å². The molecule has 1 aliphatic rings. The summed E-state index contributed by atoms with van der Waals surface area (Å²) in [7, 11) is 1.69. The molecule has 0 bridgehead atoms. The molecule has 20 heavy (non-hydrogen) atoms. The molecule has 1 unspecified atom stereocenters. The number of nitrogens with zero attached hydrogens (tertiary/aromatic N) is 2. The van der Waals surface area contributed by atoms with Crippen molar-refractivity contribution in [3.63, 3.8) is 0 Å². The van der Waals surface area contributed by atoms with Crippen molar-refractivity contribution in [1.82, 2.24) is 15.2 Å². The lowest BCUT2D eigenvalue weighted by molar-refractivity contribution is -0.141. The Balaban J connectivity index is 2.05. The van der Waals surface area contributed by atoms with Crippen molar-refractivity contribution in [3.05, 3.63) is 16.1 Å². The maximum Gasteiger partial charge on any atom is 0.434 e. The summed E-state index contributed by atoms with van der Waals surface area (Å²) in [5, 5.41) is 4.31. The molecular weight excluding hydrogens is 291 g/mol. The zero-order chi connectivity index (χ0) is 14.8. The number of hydrogen-bond donors (Lipinski definition) is 1. The summed E-state index contributed by atoms with van der Waals surface area (Å²) >= 11 is 1.03. The molecule has 2 heterocycles. The fourth-order valence-electron chi connectivity index (χ4n) is 2.27. The predicted octanol–water partition coefficient (Wildman–Crippen LogP) is 2.09. The molecule has 0 spiro atoms. The second kappa shape index (κ2) is 6.09. The number of rotatable bonds is 3. The third-order valence-electron chi connectivity index (χ3n) is 3.26. The Hall–Kier alpha value is -1.15. The molecule has 1 aromatic rings. The fourth-order valence-corrected chi connectivity index (χ4v) is 3.23. The number of carbonyl (C=O) groups is 1. The quantitative estimate of drug-likeness (QED) is 0.930. The van der Waals surface area contributed by atoms with E-state index in [4.69, 9.17) is 0 Å². The molecule has 0 saturated carbocycles. The van der Waals surface area contributed by atoms with Gasteiger partial charge in [-0.3, -0.25) is 4.79 Å². The number of hydrogen-bond acceptors (Lipinski definition) is 4. The van der Waals surface area contributed by atoms with Crippen LogP contribution in [-0.2, 0) is 11.0 Å². The molecule has 4 nitrogen and oxygen atoms in total. The highest BCUT2D eigenvalue weighted by Crippen LogP contribution is 2.34. The molecule has 1 amide bonds. The Morgan fingerprint density at radius 1 is 1.60 bits per heavy atom. The highest BCUT2D eigenvalue weighted by atomic mass is 32.1. The van der Waals surface area contributed by atoms with Crippen molar-refractivity contribution in [2.75, 3.05) is 26.7 Å². The molecule has 8 heteroatoms. The summed E-state index contributed by atoms with van der Waals surface area (Å²) in [6.07, 6.45) is -2.83. The summed E-state index contributed by atoms with van der Waals surface area (Å²) in [6, 6.07) is 0. The number of thiazole rings is 1. The third-order valence-corrected chi connectivity index (χ3v) is 4.27. The van der Waals surface area contributed by atoms with Crippen molar-refractivity contribution in [2.24, 2.45) is 0 Å². The summed E-state index contributed by atoms with van der Waals surface area (Å²) in [6.45, 7) is 1.36. The molecule has 1 aliphatic heterocycles. The van der Waals surface area contributed by atoms with Crippen LogP contribution >= 0.6 is 11.3 Å². The molecule has 1 saturated heterocycles. The van der Waals surface area contributed by atoms with E-state index in [9.17, 15) is 18.0 Å². The minimum atomic E-state index is -4.40. The zero-order valence-electron chi connectivity index (χ0n) is 11.0. The van der Waals surface area contributed by atoms with Crippen LogP contribution in [-0.4, -0.2) is 42.5 Å². The van der Waals surface area contributed by atoms with E-state index in [2.05, 4.69) is 10.3 Å². The second-order valence-electron chi connectivity index (χ2n) is 4.78. The van der Waals surface area contributed by atoms with E-state index in [0.29, 0.717) is 18.1 Å². The van der Waals surface area contributed by atoms with Crippen LogP contribution < -0.4 is 5.32 Å². The van der Waals surface area contributed by atoms with Gasteiger partial charge in [0.1, 0.15) is 0 Å². The van der Waals surface area contributed by atoms with E-state index in [0.717, 1.165) is 29.6 Å². The van der Waals surface area contributed by atoms with Gasteiger partial charge in [0.05, 0.1) is 11.6 Å². The summed E-state index contributed by atoms with van der Waals surface area (Å²) in [5.41, 5.74) is -0.837. The normalized spacial score (nSPS) is 20.2. The van der Waals surface area contributed by atoms with E-state index in [-0.39, 0.29) is 18.4 Å². The smallest absolute Gasteiger partial charge is 0.341 e. The molecule has 2 rings (SSSR count). The van der Waals surface area contributed by atoms with Gasteiger partial charge in [-0.15, -0.1) is 11.3 Å². The minimum absolute atomic E-state index is 0.0233. The van der Waals surface area contributed by atoms with Crippen LogP contribution in [0.25, 0.3) is 0 Å². The Morgan fingerprint density at radius 3 is 2.95 bits per heavy atom. The number of aromatic nitrogens is 1.